The van der Waals surface area contributed by atoms with E-state index in [2.05, 4.69) is 16.1 Å². The van der Waals surface area contributed by atoms with Crippen LogP contribution in [0.5, 0.6) is 0 Å². The van der Waals surface area contributed by atoms with Gasteiger partial charge < -0.3 is 20.5 Å². The number of hydrazine groups is 1. The second kappa shape index (κ2) is 11.7. The van der Waals surface area contributed by atoms with Crippen molar-refractivity contribution in [2.75, 3.05) is 24.2 Å². The van der Waals surface area contributed by atoms with Crippen LogP contribution in [0.25, 0.3) is 0 Å². The summed E-state index contributed by atoms with van der Waals surface area (Å²) in [6.45, 7) is 1.19. The zero-order valence-electron chi connectivity index (χ0n) is 23.4. The highest BCUT2D eigenvalue weighted by Gasteiger charge is 2.54. The minimum atomic E-state index is -1.32. The predicted molar refractivity (Wildman–Crippen MR) is 156 cm³/mol. The fourth-order valence-electron chi connectivity index (χ4n) is 5.65. The maximum absolute atomic E-state index is 13.0. The molecule has 2 aromatic carbocycles. The molecule has 0 spiro atoms. The maximum atomic E-state index is 13.0. The lowest BCUT2D eigenvalue weighted by Gasteiger charge is -2.49. The van der Waals surface area contributed by atoms with Crippen molar-refractivity contribution in [2.24, 2.45) is 0 Å². The molecule has 0 bridgehead atoms. The number of carboxylic acids is 1. The number of hydrogen-bond acceptors (Lipinski definition) is 9. The molecule has 44 heavy (non-hydrogen) atoms. The van der Waals surface area contributed by atoms with Crippen LogP contribution in [0.4, 0.5) is 15.3 Å². The van der Waals surface area contributed by atoms with Crippen LogP contribution in [0.1, 0.15) is 24.1 Å². The van der Waals surface area contributed by atoms with Crippen LogP contribution in [0, 0.1) is 0 Å². The number of rotatable bonds is 8. The molecule has 228 valence electrons. The molecule has 4 aliphatic heterocycles. The number of amides is 6. The maximum Gasteiger partial charge on any atom is 0.352 e. The van der Waals surface area contributed by atoms with Crippen molar-refractivity contribution in [3.63, 3.8) is 0 Å². The molecule has 14 nitrogen and oxygen atoms in total. The average molecular weight is 621 g/mol. The van der Waals surface area contributed by atoms with E-state index in [0.29, 0.717) is 16.8 Å². The number of hydrogen-bond donors (Lipinski definition) is 4. The van der Waals surface area contributed by atoms with E-state index < -0.39 is 47.2 Å². The number of carbonyl (C=O) groups excluding carboxylic acids is 5. The molecule has 0 aliphatic carbocycles. The van der Waals surface area contributed by atoms with Crippen molar-refractivity contribution in [1.29, 1.82) is 0 Å². The van der Waals surface area contributed by atoms with Gasteiger partial charge in [0.05, 0.1) is 25.0 Å². The quantitative estimate of drug-likeness (QED) is 0.249. The van der Waals surface area contributed by atoms with Gasteiger partial charge in [-0.05, 0) is 23.3 Å². The van der Waals surface area contributed by atoms with E-state index >= 15 is 0 Å². The average Bonchev–Trinajstić information content (AvgIpc) is 3.23. The van der Waals surface area contributed by atoms with Gasteiger partial charge in [-0.25, -0.2) is 24.7 Å². The van der Waals surface area contributed by atoms with Crippen molar-refractivity contribution in [3.8, 4) is 0 Å². The van der Waals surface area contributed by atoms with E-state index in [0.717, 1.165) is 15.4 Å². The summed E-state index contributed by atoms with van der Waals surface area (Å²) in [5.74, 6) is -2.70. The Kier molecular flexibility index (Phi) is 7.73. The SMILES string of the molecule is CC(=O)OCC1=C(C(=O)O)N2C(=O)C(NC(=O)Cc3cccc(NC(=O)N4CC5C(c6ccccc6)NN5C4=O)c3)[C@@H]2SC1. The molecular weight excluding hydrogens is 592 g/mol. The zero-order chi connectivity index (χ0) is 31.1. The van der Waals surface area contributed by atoms with Crippen molar-refractivity contribution in [3.05, 3.63) is 77.0 Å². The van der Waals surface area contributed by atoms with Crippen LogP contribution in [0.15, 0.2) is 65.9 Å². The lowest BCUT2D eigenvalue weighted by Crippen LogP contribution is -2.70. The molecule has 6 amide bonds. The first-order valence-electron chi connectivity index (χ1n) is 13.8. The first-order chi connectivity index (χ1) is 21.1. The van der Waals surface area contributed by atoms with Gasteiger partial charge in [0.15, 0.2) is 0 Å². The van der Waals surface area contributed by atoms with Crippen LogP contribution >= 0.6 is 11.8 Å². The molecule has 15 heteroatoms. The summed E-state index contributed by atoms with van der Waals surface area (Å²) in [6, 6.07) is 14.0. The van der Waals surface area contributed by atoms with Gasteiger partial charge in [-0.3, -0.25) is 24.3 Å². The summed E-state index contributed by atoms with van der Waals surface area (Å²) in [5.41, 5.74) is 5.13. The molecule has 4 aliphatic rings. The minimum absolute atomic E-state index is 0.0732. The van der Waals surface area contributed by atoms with Crippen LogP contribution in [0.3, 0.4) is 0 Å². The first kappa shape index (κ1) is 29.2. The van der Waals surface area contributed by atoms with Gasteiger partial charge in [-0.1, -0.05) is 42.5 Å². The van der Waals surface area contributed by atoms with Crippen LogP contribution in [-0.4, -0.2) is 92.1 Å². The number of aliphatic carboxylic acids is 1. The third kappa shape index (κ3) is 5.35. The summed E-state index contributed by atoms with van der Waals surface area (Å²) in [7, 11) is 0. The lowest BCUT2D eigenvalue weighted by molar-refractivity contribution is -0.151. The van der Waals surface area contributed by atoms with Crippen molar-refractivity contribution in [2.45, 2.75) is 36.8 Å². The van der Waals surface area contributed by atoms with E-state index in [9.17, 15) is 33.9 Å². The molecule has 3 saturated heterocycles. The number of carbonyl (C=O) groups is 6. The third-order valence-electron chi connectivity index (χ3n) is 7.76. The summed E-state index contributed by atoms with van der Waals surface area (Å²) in [6.07, 6.45) is -0.106. The molecule has 3 fully saturated rings. The minimum Gasteiger partial charge on any atom is -0.477 e. The number of esters is 1. The largest absolute Gasteiger partial charge is 0.477 e. The van der Waals surface area contributed by atoms with E-state index in [-0.39, 0.29) is 43.1 Å². The smallest absolute Gasteiger partial charge is 0.352 e. The molecule has 0 radical (unpaired) electrons. The van der Waals surface area contributed by atoms with Crippen LogP contribution in [0.2, 0.25) is 0 Å². The molecule has 4 heterocycles. The van der Waals surface area contributed by atoms with Crippen molar-refractivity contribution >= 4 is 53.3 Å². The molecule has 3 unspecified atom stereocenters. The Balaban J connectivity index is 1.04. The Morgan fingerprint density at radius 3 is 2.59 bits per heavy atom. The van der Waals surface area contributed by atoms with Gasteiger partial charge in [0.1, 0.15) is 23.7 Å². The van der Waals surface area contributed by atoms with E-state index in [1.54, 1.807) is 24.3 Å². The molecule has 4 N–H and O–H groups in total. The monoisotopic (exact) mass is 620 g/mol. The van der Waals surface area contributed by atoms with E-state index in [1.165, 1.54) is 23.7 Å². The number of imide groups is 1. The number of ether oxygens (including phenoxy) is 1. The van der Waals surface area contributed by atoms with Gasteiger partial charge in [-0.15, -0.1) is 11.8 Å². The fourth-order valence-corrected chi connectivity index (χ4v) is 6.97. The summed E-state index contributed by atoms with van der Waals surface area (Å²) >= 11 is 1.27. The number of nitrogens with one attached hydrogen (secondary N) is 3. The Morgan fingerprint density at radius 1 is 1.09 bits per heavy atom. The number of thioether (sulfide) groups is 1. The number of carboxylic acid groups (broad SMARTS) is 1. The number of fused-ring (bicyclic) bond motifs is 2. The summed E-state index contributed by atoms with van der Waals surface area (Å²) in [4.78, 5) is 76.8. The number of nitrogens with zero attached hydrogens (tertiary/aromatic N) is 3. The number of benzene rings is 2. The Morgan fingerprint density at radius 2 is 1.86 bits per heavy atom. The number of anilines is 1. The summed E-state index contributed by atoms with van der Waals surface area (Å²) in [5, 5.41) is 15.9. The highest BCUT2D eigenvalue weighted by molar-refractivity contribution is 8.00. The first-order valence-corrected chi connectivity index (χ1v) is 14.8. The predicted octanol–water partition coefficient (Wildman–Crippen LogP) is 1.43. The zero-order valence-corrected chi connectivity index (χ0v) is 24.2. The normalized spacial score (nSPS) is 23.7. The lowest BCUT2D eigenvalue weighted by atomic mass is 9.96. The van der Waals surface area contributed by atoms with Crippen molar-refractivity contribution < 1.29 is 38.6 Å². The van der Waals surface area contributed by atoms with E-state index in [1.807, 2.05) is 30.3 Å². The third-order valence-corrected chi connectivity index (χ3v) is 9.10. The second-order valence-electron chi connectivity index (χ2n) is 10.6. The molecule has 0 aromatic heterocycles. The molecular formula is C29H28N6O8S. The highest BCUT2D eigenvalue weighted by Crippen LogP contribution is 2.40. The van der Waals surface area contributed by atoms with Gasteiger partial charge >= 0.3 is 24.0 Å². The van der Waals surface area contributed by atoms with Gasteiger partial charge in [0.2, 0.25) is 5.91 Å². The molecule has 4 atom stereocenters. The Bertz CT molecular complexity index is 1600. The Hall–Kier alpha value is -4.89. The number of urea groups is 2. The van der Waals surface area contributed by atoms with Crippen LogP contribution in [-0.2, 0) is 30.3 Å². The van der Waals surface area contributed by atoms with Gasteiger partial charge in [-0.2, -0.15) is 0 Å². The van der Waals surface area contributed by atoms with Crippen molar-refractivity contribution in [1.82, 2.24) is 25.6 Å². The summed E-state index contributed by atoms with van der Waals surface area (Å²) < 4.78 is 4.93. The van der Waals surface area contributed by atoms with E-state index in [4.69, 9.17) is 4.74 Å². The van der Waals surface area contributed by atoms with Gasteiger partial charge in [0.25, 0.3) is 5.91 Å². The topological polar surface area (TPSA) is 178 Å². The second-order valence-corrected chi connectivity index (χ2v) is 11.8. The van der Waals surface area contributed by atoms with Gasteiger partial charge in [0, 0.05) is 23.9 Å². The Labute approximate surface area is 255 Å². The van der Waals surface area contributed by atoms with Crippen LogP contribution < -0.4 is 16.1 Å². The fraction of sp³-hybridized carbons (Fsp3) is 0.310. The molecule has 6 rings (SSSR count). The number of β-lactam (4-membered cyclic amide) rings is 1. The highest BCUT2D eigenvalue weighted by atomic mass is 32.2. The molecule has 0 saturated carbocycles. The standard InChI is InChI=1S/C29H28N6O8S/c1-15(36)43-13-18-14-44-26-23(25(38)34(26)24(18)27(39)40)31-21(37)11-16-6-5-9-19(10-16)30-28(41)33-12-20-22(32-35(20)29(33)42)17-7-3-2-4-8-17/h2-10,20,22-23,26,32H,11-14H2,1H3,(H,30,41)(H,31,37)(H,39,40)/t20?,22?,23?,26-/m0/s1. The molecule has 2 aromatic rings.